The van der Waals surface area contributed by atoms with Gasteiger partial charge in [-0.3, -0.25) is 0 Å². The van der Waals surface area contributed by atoms with Crippen LogP contribution in [0.4, 0.5) is 0 Å². The summed E-state index contributed by atoms with van der Waals surface area (Å²) in [5.74, 6) is 0.930. The molecule has 2 atom stereocenters. The Balaban J connectivity index is 1.67. The smallest absolute Gasteiger partial charge is 0.00698 e. The maximum atomic E-state index is 3.66. The van der Waals surface area contributed by atoms with E-state index in [1.165, 1.54) is 24.8 Å². The van der Waals surface area contributed by atoms with E-state index >= 15 is 0 Å². The molecule has 1 saturated carbocycles. The van der Waals surface area contributed by atoms with Crippen molar-refractivity contribution < 1.29 is 0 Å². The van der Waals surface area contributed by atoms with E-state index in [0.717, 1.165) is 24.9 Å². The van der Waals surface area contributed by atoms with Crippen LogP contribution in [-0.2, 0) is 6.42 Å². The van der Waals surface area contributed by atoms with Crippen molar-refractivity contribution >= 4 is 0 Å². The first-order valence-electron chi connectivity index (χ1n) is 6.12. The molecule has 0 bridgehead atoms. The van der Waals surface area contributed by atoms with Crippen LogP contribution in [0.2, 0.25) is 0 Å². The summed E-state index contributed by atoms with van der Waals surface area (Å²) >= 11 is 0. The highest BCUT2D eigenvalue weighted by Gasteiger charge is 2.19. The molecule has 0 unspecified atom stereocenters. The minimum Gasteiger partial charge on any atom is -0.314 e. The SMILES string of the molecule is C[C@@H]1CC[C@H](NCCc2ccccc2)C1. The van der Waals surface area contributed by atoms with E-state index in [9.17, 15) is 0 Å². The van der Waals surface area contributed by atoms with Gasteiger partial charge in [0.2, 0.25) is 0 Å². The fourth-order valence-corrected chi connectivity index (χ4v) is 2.46. The first-order chi connectivity index (χ1) is 7.34. The molecule has 1 fully saturated rings. The van der Waals surface area contributed by atoms with Crippen LogP contribution in [0.3, 0.4) is 0 Å². The van der Waals surface area contributed by atoms with Crippen molar-refractivity contribution in [3.05, 3.63) is 35.9 Å². The summed E-state index contributed by atoms with van der Waals surface area (Å²) in [4.78, 5) is 0. The monoisotopic (exact) mass is 203 g/mol. The molecule has 1 N–H and O–H groups in total. The highest BCUT2D eigenvalue weighted by molar-refractivity contribution is 5.14. The molecule has 82 valence electrons. The molecular weight excluding hydrogens is 182 g/mol. The van der Waals surface area contributed by atoms with Gasteiger partial charge < -0.3 is 5.32 Å². The average molecular weight is 203 g/mol. The van der Waals surface area contributed by atoms with Gasteiger partial charge in [-0.1, -0.05) is 37.3 Å². The summed E-state index contributed by atoms with van der Waals surface area (Å²) in [6, 6.07) is 11.5. The maximum Gasteiger partial charge on any atom is 0.00698 e. The van der Waals surface area contributed by atoms with Crippen molar-refractivity contribution in [1.82, 2.24) is 5.32 Å². The Kier molecular flexibility index (Phi) is 3.79. The Morgan fingerprint density at radius 3 is 2.67 bits per heavy atom. The summed E-state index contributed by atoms with van der Waals surface area (Å²) in [5.41, 5.74) is 1.44. The second-order valence-electron chi connectivity index (χ2n) is 4.80. The number of hydrogen-bond acceptors (Lipinski definition) is 1. The Morgan fingerprint density at radius 2 is 2.00 bits per heavy atom. The van der Waals surface area contributed by atoms with Crippen molar-refractivity contribution in [3.8, 4) is 0 Å². The number of hydrogen-bond donors (Lipinski definition) is 1. The van der Waals surface area contributed by atoms with Crippen LogP contribution in [0.5, 0.6) is 0 Å². The van der Waals surface area contributed by atoms with Gasteiger partial charge in [0.15, 0.2) is 0 Å². The first kappa shape index (κ1) is 10.7. The molecule has 1 nitrogen and oxygen atoms in total. The van der Waals surface area contributed by atoms with Gasteiger partial charge in [-0.2, -0.15) is 0 Å². The number of rotatable bonds is 4. The third-order valence-corrected chi connectivity index (χ3v) is 3.38. The van der Waals surface area contributed by atoms with E-state index < -0.39 is 0 Å². The largest absolute Gasteiger partial charge is 0.314 e. The van der Waals surface area contributed by atoms with E-state index in [2.05, 4.69) is 42.6 Å². The van der Waals surface area contributed by atoms with Crippen LogP contribution in [0, 0.1) is 5.92 Å². The minimum absolute atomic E-state index is 0.781. The summed E-state index contributed by atoms with van der Waals surface area (Å²) < 4.78 is 0. The van der Waals surface area contributed by atoms with Crippen LogP contribution in [0.1, 0.15) is 31.7 Å². The number of nitrogens with one attached hydrogen (secondary N) is 1. The molecule has 0 radical (unpaired) electrons. The Bertz CT molecular complexity index is 281. The molecule has 0 aliphatic heterocycles. The third-order valence-electron chi connectivity index (χ3n) is 3.38. The van der Waals surface area contributed by atoms with Crippen molar-refractivity contribution in [2.75, 3.05) is 6.54 Å². The van der Waals surface area contributed by atoms with Crippen LogP contribution in [-0.4, -0.2) is 12.6 Å². The lowest BCUT2D eigenvalue weighted by Gasteiger charge is -2.11. The lowest BCUT2D eigenvalue weighted by atomic mass is 10.1. The minimum atomic E-state index is 0.781. The van der Waals surface area contributed by atoms with Crippen molar-refractivity contribution in [3.63, 3.8) is 0 Å². The molecule has 0 saturated heterocycles. The fourth-order valence-electron chi connectivity index (χ4n) is 2.46. The summed E-state index contributed by atoms with van der Waals surface area (Å²) in [6.07, 6.45) is 5.31. The van der Waals surface area contributed by atoms with Crippen molar-refractivity contribution in [1.29, 1.82) is 0 Å². The topological polar surface area (TPSA) is 12.0 Å². The van der Waals surface area contributed by atoms with Crippen LogP contribution in [0.25, 0.3) is 0 Å². The highest BCUT2D eigenvalue weighted by atomic mass is 14.9. The number of benzene rings is 1. The predicted molar refractivity (Wildman–Crippen MR) is 65.0 cm³/mol. The molecule has 15 heavy (non-hydrogen) atoms. The molecule has 0 heterocycles. The van der Waals surface area contributed by atoms with Gasteiger partial charge in [-0.25, -0.2) is 0 Å². The second kappa shape index (κ2) is 5.32. The average Bonchev–Trinajstić information content (AvgIpc) is 2.66. The summed E-state index contributed by atoms with van der Waals surface area (Å²) in [7, 11) is 0. The lowest BCUT2D eigenvalue weighted by Crippen LogP contribution is -2.28. The van der Waals surface area contributed by atoms with Crippen LogP contribution in [0.15, 0.2) is 30.3 Å². The van der Waals surface area contributed by atoms with Crippen molar-refractivity contribution in [2.24, 2.45) is 5.92 Å². The zero-order valence-electron chi connectivity index (χ0n) is 9.58. The van der Waals surface area contributed by atoms with E-state index in [4.69, 9.17) is 0 Å². The molecule has 0 spiro atoms. The van der Waals surface area contributed by atoms with Gasteiger partial charge in [-0.15, -0.1) is 0 Å². The molecule has 1 aliphatic rings. The Hall–Kier alpha value is -0.820. The Labute approximate surface area is 92.9 Å². The zero-order valence-corrected chi connectivity index (χ0v) is 9.58. The van der Waals surface area contributed by atoms with Gasteiger partial charge in [0.1, 0.15) is 0 Å². The molecule has 1 aromatic carbocycles. The fraction of sp³-hybridized carbons (Fsp3) is 0.571. The molecule has 2 rings (SSSR count). The van der Waals surface area contributed by atoms with Gasteiger partial charge in [-0.05, 0) is 43.7 Å². The first-order valence-corrected chi connectivity index (χ1v) is 6.12. The van der Waals surface area contributed by atoms with Gasteiger partial charge >= 0.3 is 0 Å². The Morgan fingerprint density at radius 1 is 1.20 bits per heavy atom. The van der Waals surface area contributed by atoms with E-state index in [1.54, 1.807) is 0 Å². The van der Waals surface area contributed by atoms with Crippen molar-refractivity contribution in [2.45, 2.75) is 38.6 Å². The van der Waals surface area contributed by atoms with E-state index in [1.807, 2.05) is 0 Å². The quantitative estimate of drug-likeness (QED) is 0.793. The molecule has 1 aliphatic carbocycles. The zero-order chi connectivity index (χ0) is 10.5. The normalized spacial score (nSPS) is 25.7. The molecule has 1 heteroatoms. The van der Waals surface area contributed by atoms with Gasteiger partial charge in [0.25, 0.3) is 0 Å². The van der Waals surface area contributed by atoms with Crippen LogP contribution < -0.4 is 5.32 Å². The molecular formula is C14H21N. The predicted octanol–water partition coefficient (Wildman–Crippen LogP) is 3.01. The van der Waals surface area contributed by atoms with E-state index in [-0.39, 0.29) is 0 Å². The maximum absolute atomic E-state index is 3.66. The highest BCUT2D eigenvalue weighted by Crippen LogP contribution is 2.24. The molecule has 1 aromatic rings. The lowest BCUT2D eigenvalue weighted by molar-refractivity contribution is 0.506. The van der Waals surface area contributed by atoms with Crippen LogP contribution >= 0.6 is 0 Å². The second-order valence-corrected chi connectivity index (χ2v) is 4.80. The van der Waals surface area contributed by atoms with Gasteiger partial charge in [0.05, 0.1) is 0 Å². The third kappa shape index (κ3) is 3.35. The molecule has 0 amide bonds. The molecule has 0 aromatic heterocycles. The van der Waals surface area contributed by atoms with E-state index in [0.29, 0.717) is 0 Å². The summed E-state index contributed by atoms with van der Waals surface area (Å²) in [5, 5.41) is 3.66. The summed E-state index contributed by atoms with van der Waals surface area (Å²) in [6.45, 7) is 3.49. The van der Waals surface area contributed by atoms with Gasteiger partial charge in [0, 0.05) is 6.04 Å². The standard InChI is InChI=1S/C14H21N/c1-12-7-8-14(11-12)15-10-9-13-5-3-2-4-6-13/h2-6,12,14-15H,7-11H2,1H3/t12-,14+/m1/s1.